The minimum absolute atomic E-state index is 0. The van der Waals surface area contributed by atoms with Crippen LogP contribution in [0.3, 0.4) is 0 Å². The minimum Gasteiger partial charge on any atom is -0.355 e. The summed E-state index contributed by atoms with van der Waals surface area (Å²) in [6.45, 7) is 14.5. The van der Waals surface area contributed by atoms with Crippen LogP contribution in [0.15, 0.2) is 48.0 Å². The molecule has 158 valence electrons. The van der Waals surface area contributed by atoms with E-state index < -0.39 is 0 Å². The average Bonchev–Trinajstić information content (AvgIpc) is 2.67. The van der Waals surface area contributed by atoms with Crippen molar-refractivity contribution in [3.8, 4) is 0 Å². The van der Waals surface area contributed by atoms with Crippen LogP contribution in [0.4, 0.5) is 0 Å². The minimum atomic E-state index is -0.0554. The predicted octanol–water partition coefficient (Wildman–Crippen LogP) is 3.55. The zero-order valence-electron chi connectivity index (χ0n) is 17.9. The van der Waals surface area contributed by atoms with Crippen LogP contribution in [0.5, 0.6) is 0 Å². The molecule has 0 spiro atoms. The smallest absolute Gasteiger partial charge is 0.191 e. The molecule has 0 aliphatic carbocycles. The van der Waals surface area contributed by atoms with Crippen molar-refractivity contribution >= 4 is 29.9 Å². The van der Waals surface area contributed by atoms with Crippen LogP contribution in [0, 0.1) is 0 Å². The van der Waals surface area contributed by atoms with E-state index in [1.165, 1.54) is 5.56 Å². The monoisotopic (exact) mass is 499 g/mol. The van der Waals surface area contributed by atoms with E-state index >= 15 is 0 Å². The Hall–Kier alpha value is -1.12. The van der Waals surface area contributed by atoms with Gasteiger partial charge in [0.15, 0.2) is 5.96 Å². The molecule has 1 saturated heterocycles. The second-order valence-electron chi connectivity index (χ2n) is 8.09. The molecular weight excluding hydrogens is 461 g/mol. The molecule has 1 aliphatic heterocycles. The van der Waals surface area contributed by atoms with E-state index in [-0.39, 0.29) is 29.5 Å². The summed E-state index contributed by atoms with van der Waals surface area (Å²) in [5.74, 6) is 0.888. The normalized spacial score (nSPS) is 17.5. The van der Waals surface area contributed by atoms with Gasteiger partial charge in [-0.25, -0.2) is 0 Å². The standard InChI is InChI=1S/C22H37N5.HI/c1-6-14-27-15-12-20(13-16-27)25-21(23-5)24-17-22(3,4)26-18(2)19-10-8-7-9-11-19;/h6-11,18,20,26H,1,12-17H2,2-5H3,(H2,23,24,25);1H. The van der Waals surface area contributed by atoms with Crippen LogP contribution in [-0.2, 0) is 0 Å². The van der Waals surface area contributed by atoms with E-state index in [0.29, 0.717) is 12.1 Å². The summed E-state index contributed by atoms with van der Waals surface area (Å²) in [5, 5.41) is 10.8. The van der Waals surface area contributed by atoms with E-state index in [1.54, 1.807) is 0 Å². The van der Waals surface area contributed by atoms with E-state index in [4.69, 9.17) is 0 Å². The number of halogens is 1. The van der Waals surface area contributed by atoms with Gasteiger partial charge in [-0.1, -0.05) is 36.4 Å². The maximum Gasteiger partial charge on any atom is 0.191 e. The Kier molecular flexibility index (Phi) is 11.1. The number of rotatable bonds is 8. The molecule has 1 atom stereocenters. The van der Waals surface area contributed by atoms with E-state index in [1.807, 2.05) is 13.1 Å². The zero-order chi connectivity index (χ0) is 19.7. The number of piperidine rings is 1. The summed E-state index contributed by atoms with van der Waals surface area (Å²) in [7, 11) is 1.84. The second-order valence-corrected chi connectivity index (χ2v) is 8.09. The van der Waals surface area contributed by atoms with E-state index in [2.05, 4.69) is 83.5 Å². The number of nitrogens with zero attached hydrogens (tertiary/aromatic N) is 2. The maximum absolute atomic E-state index is 4.41. The van der Waals surface area contributed by atoms with Crippen molar-refractivity contribution in [2.24, 2.45) is 4.99 Å². The maximum atomic E-state index is 4.41. The van der Waals surface area contributed by atoms with Crippen molar-refractivity contribution in [1.82, 2.24) is 20.9 Å². The summed E-state index contributed by atoms with van der Waals surface area (Å²) >= 11 is 0. The lowest BCUT2D eigenvalue weighted by Crippen LogP contribution is -2.54. The number of hydrogen-bond acceptors (Lipinski definition) is 3. The third-order valence-corrected chi connectivity index (χ3v) is 5.14. The van der Waals surface area contributed by atoms with Gasteiger partial charge in [0.2, 0.25) is 0 Å². The van der Waals surface area contributed by atoms with Crippen LogP contribution >= 0.6 is 24.0 Å². The van der Waals surface area contributed by atoms with Crippen molar-refractivity contribution < 1.29 is 0 Å². The third-order valence-electron chi connectivity index (χ3n) is 5.14. The van der Waals surface area contributed by atoms with Crippen molar-refractivity contribution in [1.29, 1.82) is 0 Å². The summed E-state index contributed by atoms with van der Waals surface area (Å²) in [6.07, 6.45) is 4.27. The highest BCUT2D eigenvalue weighted by atomic mass is 127. The molecule has 2 rings (SSSR count). The zero-order valence-corrected chi connectivity index (χ0v) is 20.2. The van der Waals surface area contributed by atoms with Gasteiger partial charge in [-0.15, -0.1) is 30.6 Å². The fourth-order valence-corrected chi connectivity index (χ4v) is 3.60. The highest BCUT2D eigenvalue weighted by molar-refractivity contribution is 14.0. The molecule has 3 N–H and O–H groups in total. The first-order valence-corrected chi connectivity index (χ1v) is 10.1. The molecule has 1 aromatic carbocycles. The molecule has 0 radical (unpaired) electrons. The first kappa shape index (κ1) is 24.9. The van der Waals surface area contributed by atoms with E-state index in [9.17, 15) is 0 Å². The lowest BCUT2D eigenvalue weighted by atomic mass is 10.0. The fraction of sp³-hybridized carbons (Fsp3) is 0.591. The van der Waals surface area contributed by atoms with Gasteiger partial charge in [-0.2, -0.15) is 0 Å². The highest BCUT2D eigenvalue weighted by Crippen LogP contribution is 2.16. The van der Waals surface area contributed by atoms with Gasteiger partial charge in [0.05, 0.1) is 0 Å². The summed E-state index contributed by atoms with van der Waals surface area (Å²) in [6, 6.07) is 11.3. The lowest BCUT2D eigenvalue weighted by Gasteiger charge is -2.34. The van der Waals surface area contributed by atoms with Crippen LogP contribution in [0.2, 0.25) is 0 Å². The number of hydrogen-bond donors (Lipinski definition) is 3. The number of aliphatic imine (C=N–C) groups is 1. The van der Waals surface area contributed by atoms with Gasteiger partial charge >= 0.3 is 0 Å². The Bertz CT molecular complexity index is 594. The second kappa shape index (κ2) is 12.4. The predicted molar refractivity (Wildman–Crippen MR) is 132 cm³/mol. The largest absolute Gasteiger partial charge is 0.355 e. The molecule has 1 heterocycles. The number of nitrogens with one attached hydrogen (secondary N) is 3. The van der Waals surface area contributed by atoms with Crippen molar-refractivity contribution in [3.05, 3.63) is 48.6 Å². The Labute approximate surface area is 188 Å². The van der Waals surface area contributed by atoms with Crippen molar-refractivity contribution in [3.63, 3.8) is 0 Å². The SMILES string of the molecule is C=CCN1CCC(NC(=NC)NCC(C)(C)NC(C)c2ccccc2)CC1.I. The first-order chi connectivity index (χ1) is 12.9. The number of benzene rings is 1. The fourth-order valence-electron chi connectivity index (χ4n) is 3.60. The summed E-state index contributed by atoms with van der Waals surface area (Å²) < 4.78 is 0. The number of guanidine groups is 1. The molecule has 1 fully saturated rings. The van der Waals surface area contributed by atoms with E-state index in [0.717, 1.165) is 45.0 Å². The van der Waals surface area contributed by atoms with Crippen molar-refractivity contribution in [2.75, 3.05) is 33.2 Å². The van der Waals surface area contributed by atoms with Gasteiger partial charge in [0.25, 0.3) is 0 Å². The molecule has 1 unspecified atom stereocenters. The van der Waals surface area contributed by atoms with Crippen LogP contribution in [0.1, 0.15) is 45.2 Å². The van der Waals surface area contributed by atoms with Crippen LogP contribution < -0.4 is 16.0 Å². The molecular formula is C22H38IN5. The summed E-state index contributed by atoms with van der Waals surface area (Å²) in [5.41, 5.74) is 1.25. The average molecular weight is 499 g/mol. The van der Waals surface area contributed by atoms with Crippen molar-refractivity contribution in [2.45, 2.75) is 51.2 Å². The number of likely N-dealkylation sites (tertiary alicyclic amines) is 1. The Morgan fingerprint density at radius 3 is 2.50 bits per heavy atom. The molecule has 0 amide bonds. The first-order valence-electron chi connectivity index (χ1n) is 10.1. The van der Waals surface area contributed by atoms with Gasteiger partial charge in [0.1, 0.15) is 0 Å². The molecule has 0 aromatic heterocycles. The molecule has 6 heteroatoms. The van der Waals surface area contributed by atoms with Gasteiger partial charge in [0, 0.05) is 50.8 Å². The van der Waals surface area contributed by atoms with Crippen LogP contribution in [0.25, 0.3) is 0 Å². The molecule has 1 aliphatic rings. The Morgan fingerprint density at radius 2 is 1.93 bits per heavy atom. The topological polar surface area (TPSA) is 51.7 Å². The van der Waals surface area contributed by atoms with Gasteiger partial charge in [-0.05, 0) is 39.2 Å². The lowest BCUT2D eigenvalue weighted by molar-refractivity contribution is 0.224. The van der Waals surface area contributed by atoms with Gasteiger partial charge in [-0.3, -0.25) is 9.89 Å². The molecule has 0 saturated carbocycles. The molecule has 5 nitrogen and oxygen atoms in total. The Balaban J connectivity index is 0.00000392. The Morgan fingerprint density at radius 1 is 1.29 bits per heavy atom. The molecule has 28 heavy (non-hydrogen) atoms. The molecule has 1 aromatic rings. The third kappa shape index (κ3) is 8.49. The quantitative estimate of drug-likeness (QED) is 0.222. The summed E-state index contributed by atoms with van der Waals surface area (Å²) in [4.78, 5) is 6.86. The van der Waals surface area contributed by atoms with Crippen LogP contribution in [-0.4, -0.2) is 55.7 Å². The van der Waals surface area contributed by atoms with Gasteiger partial charge < -0.3 is 16.0 Å². The molecule has 0 bridgehead atoms. The highest BCUT2D eigenvalue weighted by Gasteiger charge is 2.23.